The average molecular weight is 423 g/mol. The largest absolute Gasteiger partial charge is 0.461 e. The Morgan fingerprint density at radius 1 is 1.25 bits per heavy atom. The highest BCUT2D eigenvalue weighted by molar-refractivity contribution is 7.81. The van der Waals surface area contributed by atoms with E-state index in [1.807, 2.05) is 19.0 Å². The Morgan fingerprint density at radius 2 is 1.79 bits per heavy atom. The van der Waals surface area contributed by atoms with Crippen molar-refractivity contribution in [1.29, 1.82) is 0 Å². The minimum Gasteiger partial charge on any atom is -0.461 e. The fourth-order valence-corrected chi connectivity index (χ4v) is 2.27. The first-order valence-electron chi connectivity index (χ1n) is 8.93. The van der Waals surface area contributed by atoms with Crippen LogP contribution in [0.2, 0.25) is 0 Å². The average Bonchev–Trinajstić information content (AvgIpc) is 3.00. The van der Waals surface area contributed by atoms with Crippen LogP contribution < -0.4 is 0 Å². The van der Waals surface area contributed by atoms with Crippen molar-refractivity contribution < 1.29 is 31.1 Å². The lowest BCUT2D eigenvalue weighted by atomic mass is 10.4. The summed E-state index contributed by atoms with van der Waals surface area (Å²) in [6.07, 6.45) is 3.28. The molecule has 164 valence electrons. The van der Waals surface area contributed by atoms with Crippen LogP contribution in [0.25, 0.3) is 0 Å². The SMILES string of the molecule is C=C(C)C(=O)OCCN(C)C.C=CN1CCCC1=O.CCOS(=O)(=O)OCC. The van der Waals surface area contributed by atoms with Gasteiger partial charge in [-0.1, -0.05) is 13.2 Å². The van der Waals surface area contributed by atoms with Crippen LogP contribution in [0.4, 0.5) is 0 Å². The van der Waals surface area contributed by atoms with Gasteiger partial charge < -0.3 is 14.5 Å². The summed E-state index contributed by atoms with van der Waals surface area (Å²) in [5, 5.41) is 0. The predicted octanol–water partition coefficient (Wildman–Crippen LogP) is 1.72. The van der Waals surface area contributed by atoms with Crippen molar-refractivity contribution >= 4 is 22.3 Å². The first-order chi connectivity index (χ1) is 13.0. The van der Waals surface area contributed by atoms with Gasteiger partial charge in [0.05, 0.1) is 13.2 Å². The first-order valence-corrected chi connectivity index (χ1v) is 10.3. The Bertz CT molecular complexity index is 577. The van der Waals surface area contributed by atoms with Crippen molar-refractivity contribution in [1.82, 2.24) is 9.80 Å². The molecule has 0 spiro atoms. The molecule has 1 heterocycles. The van der Waals surface area contributed by atoms with Gasteiger partial charge in [-0.25, -0.2) is 13.2 Å². The third kappa shape index (κ3) is 16.4. The Labute approximate surface area is 169 Å². The van der Waals surface area contributed by atoms with E-state index in [1.54, 1.807) is 31.9 Å². The fraction of sp³-hybridized carbons (Fsp3) is 0.667. The van der Waals surface area contributed by atoms with Gasteiger partial charge >= 0.3 is 16.4 Å². The van der Waals surface area contributed by atoms with Gasteiger partial charge in [0.1, 0.15) is 6.61 Å². The molecule has 1 aliphatic rings. The lowest BCUT2D eigenvalue weighted by Crippen LogP contribution is -2.20. The number of hydrogen-bond donors (Lipinski definition) is 0. The predicted molar refractivity (Wildman–Crippen MR) is 108 cm³/mol. The summed E-state index contributed by atoms with van der Waals surface area (Å²) in [5.74, 6) is -0.105. The molecule has 0 aliphatic carbocycles. The van der Waals surface area contributed by atoms with Crippen LogP contribution >= 0.6 is 0 Å². The number of ether oxygens (including phenoxy) is 1. The highest BCUT2D eigenvalue weighted by atomic mass is 32.3. The molecule has 0 aromatic rings. The van der Waals surface area contributed by atoms with Crippen LogP contribution in [-0.4, -0.2) is 77.1 Å². The van der Waals surface area contributed by atoms with Gasteiger partial charge in [-0.05, 0) is 47.5 Å². The molecule has 1 fully saturated rings. The molecule has 0 aromatic carbocycles. The highest BCUT2D eigenvalue weighted by Gasteiger charge is 2.16. The maximum atomic E-state index is 10.8. The second-order valence-electron chi connectivity index (χ2n) is 5.81. The van der Waals surface area contributed by atoms with Gasteiger partial charge in [0, 0.05) is 25.1 Å². The van der Waals surface area contributed by atoms with E-state index in [1.165, 1.54) is 0 Å². The number of likely N-dealkylation sites (N-methyl/N-ethyl adjacent to an activating group) is 1. The highest BCUT2D eigenvalue weighted by Crippen LogP contribution is 2.08. The molecule has 9 nitrogen and oxygen atoms in total. The lowest BCUT2D eigenvalue weighted by Gasteiger charge is -2.09. The Hall–Kier alpha value is -1.75. The maximum Gasteiger partial charge on any atom is 0.399 e. The van der Waals surface area contributed by atoms with E-state index >= 15 is 0 Å². The normalized spacial score (nSPS) is 13.2. The van der Waals surface area contributed by atoms with Crippen molar-refractivity contribution in [3.63, 3.8) is 0 Å². The van der Waals surface area contributed by atoms with Gasteiger partial charge in [-0.15, -0.1) is 0 Å². The third-order valence-corrected chi connectivity index (χ3v) is 4.02. The molecule has 1 amide bonds. The third-order valence-electron chi connectivity index (χ3n) is 2.97. The molecule has 0 atom stereocenters. The van der Waals surface area contributed by atoms with Gasteiger partial charge in [0.15, 0.2) is 0 Å². The van der Waals surface area contributed by atoms with Crippen LogP contribution in [0, 0.1) is 0 Å². The van der Waals surface area contributed by atoms with E-state index in [-0.39, 0.29) is 25.1 Å². The first kappa shape index (κ1) is 28.5. The van der Waals surface area contributed by atoms with Crippen LogP contribution in [-0.2, 0) is 33.1 Å². The van der Waals surface area contributed by atoms with Crippen molar-refractivity contribution in [2.75, 3.05) is 47.0 Å². The number of esters is 1. The van der Waals surface area contributed by atoms with Crippen LogP contribution in [0.3, 0.4) is 0 Å². The quantitative estimate of drug-likeness (QED) is 0.409. The van der Waals surface area contributed by atoms with Crippen LogP contribution in [0.15, 0.2) is 24.9 Å². The standard InChI is InChI=1S/C8H15NO2.C6H9NO.C4H10O4S/c1-7(2)8(10)11-6-5-9(3)4;1-2-7-5-3-4-6(7)8;1-3-7-9(5,6)8-4-2/h1,5-6H2,2-4H3;2H,1,3-5H2;3-4H2,1-2H3. The second-order valence-corrected chi connectivity index (χ2v) is 7.10. The number of likely N-dealkylation sites (tertiary alicyclic amines) is 1. The molecule has 0 aromatic heterocycles. The zero-order chi connectivity index (χ0) is 22.2. The second kappa shape index (κ2) is 16.2. The number of nitrogens with zero attached hydrogens (tertiary/aromatic N) is 2. The van der Waals surface area contributed by atoms with Crippen LogP contribution in [0.5, 0.6) is 0 Å². The van der Waals surface area contributed by atoms with Crippen molar-refractivity contribution in [2.24, 2.45) is 0 Å². The summed E-state index contributed by atoms with van der Waals surface area (Å²) >= 11 is 0. The van der Waals surface area contributed by atoms with E-state index < -0.39 is 10.4 Å². The summed E-state index contributed by atoms with van der Waals surface area (Å²) in [6.45, 7) is 14.0. The molecule has 0 bridgehead atoms. The molecule has 1 aliphatic heterocycles. The van der Waals surface area contributed by atoms with Crippen molar-refractivity contribution in [2.45, 2.75) is 33.6 Å². The lowest BCUT2D eigenvalue weighted by molar-refractivity contribution is -0.139. The number of carbonyl (C=O) groups excluding carboxylic acids is 2. The monoisotopic (exact) mass is 422 g/mol. The van der Waals surface area contributed by atoms with E-state index in [0.717, 1.165) is 19.5 Å². The van der Waals surface area contributed by atoms with Crippen molar-refractivity contribution in [3.8, 4) is 0 Å². The summed E-state index contributed by atoms with van der Waals surface area (Å²) in [4.78, 5) is 25.0. The zero-order valence-corrected chi connectivity index (χ0v) is 18.4. The summed E-state index contributed by atoms with van der Waals surface area (Å²) < 4.78 is 34.0. The summed E-state index contributed by atoms with van der Waals surface area (Å²) in [7, 11) is 0.169. The van der Waals surface area contributed by atoms with E-state index in [9.17, 15) is 18.0 Å². The summed E-state index contributed by atoms with van der Waals surface area (Å²) in [5.41, 5.74) is 0.448. The van der Waals surface area contributed by atoms with E-state index in [0.29, 0.717) is 18.6 Å². The molecule has 10 heteroatoms. The molecule has 0 N–H and O–H groups in total. The number of amides is 1. The minimum absolute atomic E-state index is 0.113. The fourth-order valence-electron chi connectivity index (χ4n) is 1.63. The minimum atomic E-state index is -3.68. The number of rotatable bonds is 9. The van der Waals surface area contributed by atoms with Gasteiger partial charge in [0.2, 0.25) is 5.91 Å². The van der Waals surface area contributed by atoms with E-state index in [2.05, 4.69) is 21.5 Å². The molecule has 0 radical (unpaired) electrons. The van der Waals surface area contributed by atoms with Crippen molar-refractivity contribution in [3.05, 3.63) is 24.9 Å². The zero-order valence-electron chi connectivity index (χ0n) is 17.6. The molecule has 0 saturated carbocycles. The maximum absolute atomic E-state index is 10.8. The number of carbonyl (C=O) groups is 2. The molecule has 0 unspecified atom stereocenters. The van der Waals surface area contributed by atoms with Gasteiger partial charge in [-0.3, -0.25) is 4.79 Å². The Kier molecular flexibility index (Phi) is 16.5. The van der Waals surface area contributed by atoms with E-state index in [4.69, 9.17) is 4.74 Å². The molecular weight excluding hydrogens is 388 g/mol. The topological polar surface area (TPSA) is 102 Å². The summed E-state index contributed by atoms with van der Waals surface area (Å²) in [6, 6.07) is 0. The smallest absolute Gasteiger partial charge is 0.399 e. The Morgan fingerprint density at radius 3 is 2.07 bits per heavy atom. The van der Waals surface area contributed by atoms with Crippen LogP contribution in [0.1, 0.15) is 33.6 Å². The molecular formula is C18H34N2O7S. The number of hydrogen-bond acceptors (Lipinski definition) is 8. The molecule has 28 heavy (non-hydrogen) atoms. The molecule has 1 saturated heterocycles. The van der Waals surface area contributed by atoms with Gasteiger partial charge in [-0.2, -0.15) is 8.42 Å². The molecule has 1 rings (SSSR count). The Balaban J connectivity index is 0. The van der Waals surface area contributed by atoms with Gasteiger partial charge in [0.25, 0.3) is 0 Å².